The van der Waals surface area contributed by atoms with Gasteiger partial charge in [0.15, 0.2) is 0 Å². The van der Waals surface area contributed by atoms with E-state index in [-0.39, 0.29) is 5.69 Å². The monoisotopic (exact) mass is 194 g/mol. The highest BCUT2D eigenvalue weighted by Crippen LogP contribution is 2.17. The molecule has 14 heavy (non-hydrogen) atoms. The van der Waals surface area contributed by atoms with Gasteiger partial charge in [0.2, 0.25) is 6.41 Å². The van der Waals surface area contributed by atoms with Gasteiger partial charge < -0.3 is 0 Å². The molecule has 1 aromatic carbocycles. The predicted molar refractivity (Wildman–Crippen MR) is 46.8 cm³/mol. The maximum absolute atomic E-state index is 10.3. The van der Waals surface area contributed by atoms with E-state index in [4.69, 9.17) is 0 Å². The summed E-state index contributed by atoms with van der Waals surface area (Å²) in [7, 11) is 0. The molecule has 72 valence electrons. The summed E-state index contributed by atoms with van der Waals surface area (Å²) in [5, 5.41) is 17.1. The molecule has 0 unspecified atom stereocenters. The van der Waals surface area contributed by atoms with Gasteiger partial charge in [0.1, 0.15) is 0 Å². The fourth-order valence-corrected chi connectivity index (χ4v) is 0.751. The Balaban J connectivity index is 2.73. The second-order valence-electron chi connectivity index (χ2n) is 2.22. The Morgan fingerprint density at radius 2 is 2.00 bits per heavy atom. The number of nitro groups is 1. The van der Waals surface area contributed by atoms with Crippen LogP contribution in [-0.4, -0.2) is 11.3 Å². The van der Waals surface area contributed by atoms with Gasteiger partial charge in [-0.2, -0.15) is 0 Å². The van der Waals surface area contributed by atoms with E-state index in [1.165, 1.54) is 24.3 Å². The lowest BCUT2D eigenvalue weighted by molar-refractivity contribution is -0.384. The molecule has 0 aliphatic rings. The second kappa shape index (κ2) is 4.65. The number of benzene rings is 1. The van der Waals surface area contributed by atoms with Crippen molar-refractivity contribution < 1.29 is 9.72 Å². The molecule has 0 bridgehead atoms. The summed E-state index contributed by atoms with van der Waals surface area (Å²) in [5.41, 5.74) is 2.38. The molecule has 0 spiro atoms. The van der Waals surface area contributed by atoms with Gasteiger partial charge in [-0.3, -0.25) is 14.9 Å². The van der Waals surface area contributed by atoms with Crippen molar-refractivity contribution >= 4 is 17.8 Å². The molecule has 0 atom stereocenters. The molecule has 1 aromatic rings. The van der Waals surface area contributed by atoms with Gasteiger partial charge in [0.05, 0.1) is 10.6 Å². The third-order valence-corrected chi connectivity index (χ3v) is 1.34. The average molecular weight is 194 g/mol. The molecule has 0 aromatic heterocycles. The van der Waals surface area contributed by atoms with Gasteiger partial charge in [0.25, 0.3) is 5.69 Å². The lowest BCUT2D eigenvalue weighted by atomic mass is 10.3. The maximum Gasteiger partial charge on any atom is 0.269 e. The minimum absolute atomic E-state index is 0.0210. The summed E-state index contributed by atoms with van der Waals surface area (Å²) in [4.78, 5) is 19.5. The van der Waals surface area contributed by atoms with Crippen molar-refractivity contribution in [3.05, 3.63) is 34.4 Å². The molecule has 7 nitrogen and oxygen atoms in total. The number of nitrogens with one attached hydrogen (secondary N) is 1. The van der Waals surface area contributed by atoms with Crippen LogP contribution < -0.4 is 5.43 Å². The summed E-state index contributed by atoms with van der Waals surface area (Å²) in [5.74, 6) is 0. The number of hydrogen-bond acceptors (Lipinski definition) is 5. The zero-order valence-electron chi connectivity index (χ0n) is 6.95. The van der Waals surface area contributed by atoms with E-state index < -0.39 is 4.92 Å². The molecule has 7 heteroatoms. The number of rotatable bonds is 4. The summed E-state index contributed by atoms with van der Waals surface area (Å²) in [6.45, 7) is 0. The molecule has 1 rings (SSSR count). The van der Waals surface area contributed by atoms with E-state index in [2.05, 4.69) is 10.3 Å². The van der Waals surface area contributed by atoms with E-state index in [1.807, 2.05) is 5.43 Å². The van der Waals surface area contributed by atoms with Crippen molar-refractivity contribution in [2.24, 2.45) is 10.3 Å². The molecular weight excluding hydrogens is 188 g/mol. The fraction of sp³-hybridized carbons (Fsp3) is 0. The van der Waals surface area contributed by atoms with Crippen LogP contribution in [0.5, 0.6) is 0 Å². The van der Waals surface area contributed by atoms with E-state index in [1.54, 1.807) is 0 Å². The highest BCUT2D eigenvalue weighted by Gasteiger charge is 2.02. The Morgan fingerprint density at radius 1 is 1.36 bits per heavy atom. The number of nitrogens with zero attached hydrogens (tertiary/aromatic N) is 3. The van der Waals surface area contributed by atoms with Crippen molar-refractivity contribution in [2.75, 3.05) is 0 Å². The molecule has 0 aliphatic carbocycles. The number of carbonyl (C=O) groups is 1. The van der Waals surface area contributed by atoms with Gasteiger partial charge in [-0.1, -0.05) is 5.22 Å². The summed E-state index contributed by atoms with van der Waals surface area (Å²) >= 11 is 0. The minimum atomic E-state index is -0.509. The van der Waals surface area contributed by atoms with Crippen LogP contribution in [0.2, 0.25) is 0 Å². The first-order chi connectivity index (χ1) is 6.74. The van der Waals surface area contributed by atoms with Crippen LogP contribution in [0.1, 0.15) is 0 Å². The van der Waals surface area contributed by atoms with Crippen molar-refractivity contribution in [1.82, 2.24) is 5.43 Å². The van der Waals surface area contributed by atoms with Gasteiger partial charge in [-0.05, 0) is 12.1 Å². The summed E-state index contributed by atoms with van der Waals surface area (Å²) in [6.07, 6.45) is 0.370. The first-order valence-corrected chi connectivity index (χ1v) is 3.58. The highest BCUT2D eigenvalue weighted by atomic mass is 16.6. The topological polar surface area (TPSA) is 97.0 Å². The van der Waals surface area contributed by atoms with Gasteiger partial charge in [-0.15, -0.1) is 5.11 Å². The first kappa shape index (κ1) is 9.78. The number of non-ortho nitro benzene ring substituents is 1. The maximum atomic E-state index is 10.3. The average Bonchev–Trinajstić information content (AvgIpc) is 2.19. The van der Waals surface area contributed by atoms with E-state index in [0.717, 1.165) is 0 Å². The molecule has 0 aliphatic heterocycles. The van der Waals surface area contributed by atoms with Crippen LogP contribution in [0.4, 0.5) is 11.4 Å². The summed E-state index contributed by atoms with van der Waals surface area (Å²) in [6, 6.07) is 5.45. The van der Waals surface area contributed by atoms with Gasteiger partial charge in [-0.25, -0.2) is 5.43 Å². The van der Waals surface area contributed by atoms with E-state index in [9.17, 15) is 14.9 Å². The summed E-state index contributed by atoms with van der Waals surface area (Å²) < 4.78 is 0. The van der Waals surface area contributed by atoms with Crippen LogP contribution in [0.15, 0.2) is 34.6 Å². The SMILES string of the molecule is O=CNN=Nc1ccc([N+](=O)[O-])cc1. The zero-order chi connectivity index (χ0) is 10.4. The molecule has 0 radical (unpaired) electrons. The molecule has 0 saturated heterocycles. The number of hydrogen-bond donors (Lipinski definition) is 1. The predicted octanol–water partition coefficient (Wildman–Crippen LogP) is 1.34. The van der Waals surface area contributed by atoms with Crippen LogP contribution in [-0.2, 0) is 4.79 Å². The van der Waals surface area contributed by atoms with Gasteiger partial charge in [0, 0.05) is 12.1 Å². The highest BCUT2D eigenvalue weighted by molar-refractivity contribution is 5.46. The second-order valence-corrected chi connectivity index (χ2v) is 2.22. The normalized spacial score (nSPS) is 10.0. The Hall–Kier alpha value is -2.31. The van der Waals surface area contributed by atoms with Crippen molar-refractivity contribution in [3.8, 4) is 0 Å². The molecule has 1 amide bonds. The van der Waals surface area contributed by atoms with Crippen LogP contribution in [0.25, 0.3) is 0 Å². The van der Waals surface area contributed by atoms with Crippen LogP contribution in [0, 0.1) is 10.1 Å². The Kier molecular flexibility index (Phi) is 3.25. The molecular formula is C7H6N4O3. The number of amides is 1. The first-order valence-electron chi connectivity index (χ1n) is 3.58. The van der Waals surface area contributed by atoms with Crippen molar-refractivity contribution in [1.29, 1.82) is 0 Å². The molecule has 0 heterocycles. The Bertz CT molecular complexity index is 360. The third-order valence-electron chi connectivity index (χ3n) is 1.34. The standard InChI is InChI=1S/C7H6N4O3/c12-5-8-10-9-6-1-3-7(4-2-6)11(13)14/h1-5H,(H,8,9,12). The smallest absolute Gasteiger partial charge is 0.269 e. The van der Waals surface area contributed by atoms with E-state index >= 15 is 0 Å². The third kappa shape index (κ3) is 2.63. The fourth-order valence-electron chi connectivity index (χ4n) is 0.751. The lowest BCUT2D eigenvalue weighted by Gasteiger charge is -1.91. The quantitative estimate of drug-likeness (QED) is 0.339. The number of nitro benzene ring substituents is 1. The lowest BCUT2D eigenvalue weighted by Crippen LogP contribution is -1.97. The van der Waals surface area contributed by atoms with Crippen molar-refractivity contribution in [2.45, 2.75) is 0 Å². The minimum Gasteiger partial charge on any atom is -0.277 e. The van der Waals surface area contributed by atoms with Gasteiger partial charge >= 0.3 is 0 Å². The van der Waals surface area contributed by atoms with E-state index in [0.29, 0.717) is 12.1 Å². The van der Waals surface area contributed by atoms with Crippen molar-refractivity contribution in [3.63, 3.8) is 0 Å². The molecule has 0 saturated carbocycles. The molecule has 1 N–H and O–H groups in total. The number of carbonyl (C=O) groups excluding carboxylic acids is 1. The Morgan fingerprint density at radius 3 is 2.50 bits per heavy atom. The largest absolute Gasteiger partial charge is 0.277 e. The molecule has 0 fully saturated rings. The van der Waals surface area contributed by atoms with Crippen LogP contribution >= 0.6 is 0 Å². The zero-order valence-corrected chi connectivity index (χ0v) is 6.95. The Labute approximate surface area is 78.6 Å². The van der Waals surface area contributed by atoms with Crippen LogP contribution in [0.3, 0.4) is 0 Å².